The minimum atomic E-state index is -0.481. The Labute approximate surface area is 97.1 Å². The predicted octanol–water partition coefficient (Wildman–Crippen LogP) is 2.07. The Morgan fingerprint density at radius 1 is 1.31 bits per heavy atom. The quantitative estimate of drug-likeness (QED) is 0.829. The van der Waals surface area contributed by atoms with Gasteiger partial charge in [-0.05, 0) is 30.9 Å². The summed E-state index contributed by atoms with van der Waals surface area (Å²) in [5.74, 6) is 1.35. The lowest BCUT2D eigenvalue weighted by atomic mass is 9.81. The standard InChI is InChI=1S/C13H20N2O/c1-11(2)13(16)6-9-15(10-7-13)12-5-3-4-8-14-12/h3-5,8,11,16H,6-7,9-10H2,1-2H3. The zero-order valence-corrected chi connectivity index (χ0v) is 10.1. The lowest BCUT2D eigenvalue weighted by Crippen LogP contribution is -2.47. The first kappa shape index (κ1) is 11.4. The minimum Gasteiger partial charge on any atom is -0.389 e. The smallest absolute Gasteiger partial charge is 0.128 e. The highest BCUT2D eigenvalue weighted by molar-refractivity contribution is 5.38. The van der Waals surface area contributed by atoms with E-state index < -0.39 is 5.60 Å². The van der Waals surface area contributed by atoms with Crippen LogP contribution in [0.3, 0.4) is 0 Å². The molecular formula is C13H20N2O. The number of anilines is 1. The summed E-state index contributed by atoms with van der Waals surface area (Å²) >= 11 is 0. The summed E-state index contributed by atoms with van der Waals surface area (Å²) in [5, 5.41) is 10.4. The molecule has 1 aliphatic rings. The molecular weight excluding hydrogens is 200 g/mol. The second kappa shape index (κ2) is 4.42. The van der Waals surface area contributed by atoms with Crippen molar-refractivity contribution in [1.82, 2.24) is 4.98 Å². The third kappa shape index (κ3) is 2.19. The number of hydrogen-bond acceptors (Lipinski definition) is 3. The number of aromatic nitrogens is 1. The fraction of sp³-hybridized carbons (Fsp3) is 0.615. The number of aliphatic hydroxyl groups is 1. The zero-order valence-electron chi connectivity index (χ0n) is 10.1. The maximum atomic E-state index is 10.4. The number of piperidine rings is 1. The predicted molar refractivity (Wildman–Crippen MR) is 65.5 cm³/mol. The van der Waals surface area contributed by atoms with E-state index >= 15 is 0 Å². The molecule has 88 valence electrons. The summed E-state index contributed by atoms with van der Waals surface area (Å²) in [6.45, 7) is 5.98. The Morgan fingerprint density at radius 2 is 2.00 bits per heavy atom. The van der Waals surface area contributed by atoms with Gasteiger partial charge in [0.2, 0.25) is 0 Å². The summed E-state index contributed by atoms with van der Waals surface area (Å²) in [6.07, 6.45) is 3.49. The van der Waals surface area contributed by atoms with Gasteiger partial charge < -0.3 is 10.0 Å². The molecule has 3 heteroatoms. The molecule has 0 aromatic carbocycles. The molecule has 2 rings (SSSR count). The van der Waals surface area contributed by atoms with E-state index in [2.05, 4.69) is 23.7 Å². The van der Waals surface area contributed by atoms with Crippen LogP contribution in [-0.2, 0) is 0 Å². The second-order valence-electron chi connectivity index (χ2n) is 4.93. The molecule has 0 aliphatic carbocycles. The van der Waals surface area contributed by atoms with Crippen molar-refractivity contribution in [2.45, 2.75) is 32.3 Å². The van der Waals surface area contributed by atoms with Gasteiger partial charge in [-0.1, -0.05) is 19.9 Å². The van der Waals surface area contributed by atoms with Crippen LogP contribution in [0.4, 0.5) is 5.82 Å². The second-order valence-corrected chi connectivity index (χ2v) is 4.93. The fourth-order valence-electron chi connectivity index (χ4n) is 2.24. The average molecular weight is 220 g/mol. The highest BCUT2D eigenvalue weighted by Crippen LogP contribution is 2.30. The molecule has 1 fully saturated rings. The maximum Gasteiger partial charge on any atom is 0.128 e. The van der Waals surface area contributed by atoms with Gasteiger partial charge in [0, 0.05) is 19.3 Å². The summed E-state index contributed by atoms with van der Waals surface area (Å²) in [7, 11) is 0. The molecule has 1 N–H and O–H groups in total. The lowest BCUT2D eigenvalue weighted by molar-refractivity contribution is -0.0262. The normalized spacial score (nSPS) is 20.1. The van der Waals surface area contributed by atoms with Crippen molar-refractivity contribution in [2.75, 3.05) is 18.0 Å². The molecule has 0 atom stereocenters. The Kier molecular flexibility index (Phi) is 3.15. The number of pyridine rings is 1. The van der Waals surface area contributed by atoms with E-state index in [1.54, 1.807) is 0 Å². The van der Waals surface area contributed by atoms with E-state index in [1.807, 2.05) is 24.4 Å². The van der Waals surface area contributed by atoms with E-state index in [9.17, 15) is 5.11 Å². The average Bonchev–Trinajstić information content (AvgIpc) is 2.31. The van der Waals surface area contributed by atoms with Gasteiger partial charge in [-0.3, -0.25) is 0 Å². The summed E-state index contributed by atoms with van der Waals surface area (Å²) < 4.78 is 0. The van der Waals surface area contributed by atoms with Crippen LogP contribution in [-0.4, -0.2) is 28.8 Å². The van der Waals surface area contributed by atoms with Gasteiger partial charge in [0.1, 0.15) is 5.82 Å². The molecule has 16 heavy (non-hydrogen) atoms. The molecule has 0 radical (unpaired) electrons. The van der Waals surface area contributed by atoms with Gasteiger partial charge in [0.15, 0.2) is 0 Å². The first-order valence-corrected chi connectivity index (χ1v) is 6.00. The largest absolute Gasteiger partial charge is 0.389 e. The first-order chi connectivity index (χ1) is 7.62. The summed E-state index contributed by atoms with van der Waals surface area (Å²) in [4.78, 5) is 6.59. The monoisotopic (exact) mass is 220 g/mol. The highest BCUT2D eigenvalue weighted by atomic mass is 16.3. The van der Waals surface area contributed by atoms with Crippen molar-refractivity contribution in [3.63, 3.8) is 0 Å². The topological polar surface area (TPSA) is 36.4 Å². The maximum absolute atomic E-state index is 10.4. The molecule has 0 amide bonds. The van der Waals surface area contributed by atoms with Gasteiger partial charge in [0.25, 0.3) is 0 Å². The van der Waals surface area contributed by atoms with Crippen LogP contribution >= 0.6 is 0 Å². The Bertz CT molecular complexity index is 329. The van der Waals surface area contributed by atoms with Crippen molar-refractivity contribution in [3.05, 3.63) is 24.4 Å². The zero-order chi connectivity index (χ0) is 11.6. The van der Waals surface area contributed by atoms with Crippen LogP contribution in [0.5, 0.6) is 0 Å². The molecule has 0 saturated carbocycles. The first-order valence-electron chi connectivity index (χ1n) is 6.00. The van der Waals surface area contributed by atoms with Crippen molar-refractivity contribution in [3.8, 4) is 0 Å². The molecule has 0 unspecified atom stereocenters. The van der Waals surface area contributed by atoms with Crippen LogP contribution in [0.15, 0.2) is 24.4 Å². The van der Waals surface area contributed by atoms with E-state index in [-0.39, 0.29) is 0 Å². The number of hydrogen-bond donors (Lipinski definition) is 1. The molecule has 0 bridgehead atoms. The van der Waals surface area contributed by atoms with Gasteiger partial charge in [0.05, 0.1) is 5.60 Å². The fourth-order valence-corrected chi connectivity index (χ4v) is 2.24. The van der Waals surface area contributed by atoms with Crippen molar-refractivity contribution in [2.24, 2.45) is 5.92 Å². The summed E-state index contributed by atoms with van der Waals surface area (Å²) in [6, 6.07) is 5.96. The molecule has 0 spiro atoms. The van der Waals surface area contributed by atoms with Crippen molar-refractivity contribution < 1.29 is 5.11 Å². The number of rotatable bonds is 2. The SMILES string of the molecule is CC(C)C1(O)CCN(c2ccccn2)CC1. The Morgan fingerprint density at radius 3 is 2.50 bits per heavy atom. The minimum absolute atomic E-state index is 0.332. The third-order valence-electron chi connectivity index (χ3n) is 3.68. The van der Waals surface area contributed by atoms with Gasteiger partial charge in [-0.15, -0.1) is 0 Å². The molecule has 3 nitrogen and oxygen atoms in total. The van der Waals surface area contributed by atoms with E-state index in [0.717, 1.165) is 31.7 Å². The Balaban J connectivity index is 2.01. The van der Waals surface area contributed by atoms with Crippen LogP contribution in [0.2, 0.25) is 0 Å². The van der Waals surface area contributed by atoms with Gasteiger partial charge in [-0.2, -0.15) is 0 Å². The summed E-state index contributed by atoms with van der Waals surface area (Å²) in [5.41, 5.74) is -0.481. The van der Waals surface area contributed by atoms with Crippen molar-refractivity contribution >= 4 is 5.82 Å². The van der Waals surface area contributed by atoms with Crippen molar-refractivity contribution in [1.29, 1.82) is 0 Å². The molecule has 1 aromatic rings. The van der Waals surface area contributed by atoms with E-state index in [0.29, 0.717) is 5.92 Å². The Hall–Kier alpha value is -1.09. The van der Waals surface area contributed by atoms with E-state index in [4.69, 9.17) is 0 Å². The molecule has 1 aromatic heterocycles. The van der Waals surface area contributed by atoms with E-state index in [1.165, 1.54) is 0 Å². The van der Waals surface area contributed by atoms with Crippen LogP contribution in [0.25, 0.3) is 0 Å². The highest BCUT2D eigenvalue weighted by Gasteiger charge is 2.35. The van der Waals surface area contributed by atoms with Crippen LogP contribution < -0.4 is 4.90 Å². The van der Waals surface area contributed by atoms with Crippen LogP contribution in [0.1, 0.15) is 26.7 Å². The van der Waals surface area contributed by atoms with Gasteiger partial charge in [-0.25, -0.2) is 4.98 Å². The van der Waals surface area contributed by atoms with Crippen LogP contribution in [0, 0.1) is 5.92 Å². The number of nitrogens with zero attached hydrogens (tertiary/aromatic N) is 2. The lowest BCUT2D eigenvalue weighted by Gasteiger charge is -2.41. The molecule has 2 heterocycles. The molecule has 1 aliphatic heterocycles. The molecule has 1 saturated heterocycles. The third-order valence-corrected chi connectivity index (χ3v) is 3.68. The van der Waals surface area contributed by atoms with Gasteiger partial charge >= 0.3 is 0 Å².